The molecule has 1 aliphatic heterocycles. The monoisotopic (exact) mass is 304 g/mol. The standard InChI is InChI=1S/C10H13BrN2O2S/c1-2-16(14,15)13-5-3-4-12-7-9(11)6-10(12)8-13/h2,6-7H,1,3-5,8H2. The Bertz CT molecular complexity index is 507. The molecule has 0 spiro atoms. The molecular weight excluding hydrogens is 292 g/mol. The van der Waals surface area contributed by atoms with Crippen molar-refractivity contribution < 1.29 is 8.42 Å². The van der Waals surface area contributed by atoms with Crippen LogP contribution < -0.4 is 0 Å². The van der Waals surface area contributed by atoms with Crippen molar-refractivity contribution in [1.82, 2.24) is 8.87 Å². The van der Waals surface area contributed by atoms with Gasteiger partial charge in [-0.25, -0.2) is 8.42 Å². The minimum Gasteiger partial charge on any atom is -0.349 e. The van der Waals surface area contributed by atoms with Crippen LogP contribution in [0.15, 0.2) is 28.7 Å². The summed E-state index contributed by atoms with van der Waals surface area (Å²) in [6.07, 6.45) is 2.81. The number of hydrogen-bond donors (Lipinski definition) is 0. The zero-order valence-corrected chi connectivity index (χ0v) is 11.2. The molecule has 0 N–H and O–H groups in total. The average Bonchev–Trinajstić information content (AvgIpc) is 2.45. The second kappa shape index (κ2) is 4.35. The van der Waals surface area contributed by atoms with Crippen molar-refractivity contribution in [2.75, 3.05) is 6.54 Å². The maximum absolute atomic E-state index is 11.7. The highest BCUT2D eigenvalue weighted by atomic mass is 79.9. The molecule has 0 aliphatic carbocycles. The van der Waals surface area contributed by atoms with Crippen LogP contribution >= 0.6 is 15.9 Å². The van der Waals surface area contributed by atoms with E-state index < -0.39 is 10.0 Å². The van der Waals surface area contributed by atoms with Crippen LogP contribution in [0.2, 0.25) is 0 Å². The molecule has 0 bridgehead atoms. The molecule has 1 aromatic rings. The molecule has 1 aliphatic rings. The molecule has 0 atom stereocenters. The Balaban J connectivity index is 2.32. The van der Waals surface area contributed by atoms with Gasteiger partial charge in [-0.15, -0.1) is 0 Å². The van der Waals surface area contributed by atoms with E-state index in [4.69, 9.17) is 0 Å². The predicted octanol–water partition coefficient (Wildman–Crippen LogP) is 1.93. The highest BCUT2D eigenvalue weighted by Gasteiger charge is 2.22. The zero-order valence-electron chi connectivity index (χ0n) is 8.76. The lowest BCUT2D eigenvalue weighted by Gasteiger charge is -2.16. The van der Waals surface area contributed by atoms with Crippen molar-refractivity contribution in [3.8, 4) is 0 Å². The van der Waals surface area contributed by atoms with Gasteiger partial charge >= 0.3 is 0 Å². The lowest BCUT2D eigenvalue weighted by atomic mass is 10.4. The maximum Gasteiger partial charge on any atom is 0.235 e. The third-order valence-corrected chi connectivity index (χ3v) is 4.55. The van der Waals surface area contributed by atoms with Crippen molar-refractivity contribution in [1.29, 1.82) is 0 Å². The van der Waals surface area contributed by atoms with Crippen LogP contribution in [0.4, 0.5) is 0 Å². The van der Waals surface area contributed by atoms with E-state index in [9.17, 15) is 8.42 Å². The molecule has 4 nitrogen and oxygen atoms in total. The highest BCUT2D eigenvalue weighted by Crippen LogP contribution is 2.21. The first-order valence-electron chi connectivity index (χ1n) is 5.00. The predicted molar refractivity (Wildman–Crippen MR) is 66.3 cm³/mol. The molecule has 16 heavy (non-hydrogen) atoms. The van der Waals surface area contributed by atoms with Crippen molar-refractivity contribution in [3.05, 3.63) is 34.4 Å². The van der Waals surface area contributed by atoms with Crippen LogP contribution in [-0.4, -0.2) is 23.8 Å². The van der Waals surface area contributed by atoms with E-state index in [2.05, 4.69) is 27.1 Å². The molecular formula is C10H13BrN2O2S. The van der Waals surface area contributed by atoms with Gasteiger partial charge in [0, 0.05) is 34.9 Å². The van der Waals surface area contributed by atoms with E-state index >= 15 is 0 Å². The van der Waals surface area contributed by atoms with Gasteiger partial charge < -0.3 is 4.57 Å². The summed E-state index contributed by atoms with van der Waals surface area (Å²) in [4.78, 5) is 0. The topological polar surface area (TPSA) is 42.3 Å². The van der Waals surface area contributed by atoms with Gasteiger partial charge in [-0.05, 0) is 28.4 Å². The molecule has 2 heterocycles. The number of sulfonamides is 1. The fourth-order valence-corrected chi connectivity index (χ4v) is 3.27. The van der Waals surface area contributed by atoms with Crippen molar-refractivity contribution in [2.45, 2.75) is 19.5 Å². The molecule has 88 valence electrons. The average molecular weight is 305 g/mol. The smallest absolute Gasteiger partial charge is 0.235 e. The van der Waals surface area contributed by atoms with E-state index in [1.807, 2.05) is 12.3 Å². The molecule has 6 heteroatoms. The van der Waals surface area contributed by atoms with E-state index in [1.54, 1.807) is 0 Å². The van der Waals surface area contributed by atoms with Crippen LogP contribution in [0.5, 0.6) is 0 Å². The fourth-order valence-electron chi connectivity index (χ4n) is 1.86. The van der Waals surface area contributed by atoms with Gasteiger partial charge in [0.15, 0.2) is 0 Å². The normalized spacial score (nSPS) is 17.8. The summed E-state index contributed by atoms with van der Waals surface area (Å²) in [5, 5.41) is 1.01. The number of aryl methyl sites for hydroxylation is 1. The second-order valence-corrected chi connectivity index (χ2v) is 6.54. The Kier molecular flexibility index (Phi) is 3.23. The number of hydrogen-bond acceptors (Lipinski definition) is 2. The van der Waals surface area contributed by atoms with Crippen LogP contribution in [0.3, 0.4) is 0 Å². The summed E-state index contributed by atoms with van der Waals surface area (Å²) < 4.78 is 28.0. The number of nitrogens with zero attached hydrogens (tertiary/aromatic N) is 2. The van der Waals surface area contributed by atoms with Gasteiger partial charge in [0.2, 0.25) is 10.0 Å². The fraction of sp³-hybridized carbons (Fsp3) is 0.400. The minimum atomic E-state index is -3.31. The van der Waals surface area contributed by atoms with E-state index in [1.165, 1.54) is 4.31 Å². The third-order valence-electron chi connectivity index (χ3n) is 2.67. The number of fused-ring (bicyclic) bond motifs is 1. The summed E-state index contributed by atoms with van der Waals surface area (Å²) >= 11 is 3.40. The third kappa shape index (κ3) is 2.23. The van der Waals surface area contributed by atoms with Crippen molar-refractivity contribution >= 4 is 26.0 Å². The van der Waals surface area contributed by atoms with Crippen LogP contribution in [0.25, 0.3) is 0 Å². The summed E-state index contributed by atoms with van der Waals surface area (Å²) in [7, 11) is -3.31. The Hall–Kier alpha value is -0.590. The maximum atomic E-state index is 11.7. The van der Waals surface area contributed by atoms with Crippen molar-refractivity contribution in [2.24, 2.45) is 0 Å². The quantitative estimate of drug-likeness (QED) is 0.838. The first kappa shape index (κ1) is 11.9. The molecule has 0 unspecified atom stereocenters. The van der Waals surface area contributed by atoms with Gasteiger partial charge in [-0.3, -0.25) is 0 Å². The highest BCUT2D eigenvalue weighted by molar-refractivity contribution is 9.10. The summed E-state index contributed by atoms with van der Waals surface area (Å²) in [6, 6.07) is 1.96. The molecule has 1 aromatic heterocycles. The van der Waals surface area contributed by atoms with E-state index in [-0.39, 0.29) is 0 Å². The summed E-state index contributed by atoms with van der Waals surface area (Å²) in [5.74, 6) is 0. The lowest BCUT2D eigenvalue weighted by molar-refractivity contribution is 0.416. The molecule has 0 amide bonds. The molecule has 0 aromatic carbocycles. The van der Waals surface area contributed by atoms with Crippen LogP contribution in [0, 0.1) is 0 Å². The Morgan fingerprint density at radius 3 is 2.88 bits per heavy atom. The van der Waals surface area contributed by atoms with Gasteiger partial charge in [0.1, 0.15) is 0 Å². The van der Waals surface area contributed by atoms with Gasteiger partial charge in [-0.2, -0.15) is 4.31 Å². The minimum absolute atomic E-state index is 0.417. The van der Waals surface area contributed by atoms with Crippen LogP contribution in [0.1, 0.15) is 12.1 Å². The van der Waals surface area contributed by atoms with Gasteiger partial charge in [0.25, 0.3) is 0 Å². The van der Waals surface area contributed by atoms with Gasteiger partial charge in [-0.1, -0.05) is 6.58 Å². The van der Waals surface area contributed by atoms with E-state index in [0.29, 0.717) is 13.1 Å². The number of halogens is 1. The zero-order chi connectivity index (χ0) is 11.8. The second-order valence-electron chi connectivity index (χ2n) is 3.74. The SMILES string of the molecule is C=CS(=O)(=O)N1CCCn2cc(Br)cc2C1. The lowest BCUT2D eigenvalue weighted by Crippen LogP contribution is -2.28. The number of aromatic nitrogens is 1. The first-order valence-corrected chi connectivity index (χ1v) is 7.30. The Morgan fingerprint density at radius 1 is 1.44 bits per heavy atom. The Labute approximate surface area is 104 Å². The number of rotatable bonds is 2. The first-order chi connectivity index (χ1) is 7.53. The molecule has 0 radical (unpaired) electrons. The molecule has 0 saturated heterocycles. The molecule has 2 rings (SSSR count). The van der Waals surface area contributed by atoms with Crippen LogP contribution in [-0.2, 0) is 23.1 Å². The van der Waals surface area contributed by atoms with E-state index in [0.717, 1.165) is 28.5 Å². The Morgan fingerprint density at radius 2 is 2.19 bits per heavy atom. The van der Waals surface area contributed by atoms with Gasteiger partial charge in [0.05, 0.1) is 6.54 Å². The molecule has 0 saturated carbocycles. The van der Waals surface area contributed by atoms with Crippen molar-refractivity contribution in [3.63, 3.8) is 0 Å². The molecule has 0 fully saturated rings. The largest absolute Gasteiger partial charge is 0.349 e. The summed E-state index contributed by atoms with van der Waals surface area (Å²) in [5.41, 5.74) is 1.01. The summed E-state index contributed by atoms with van der Waals surface area (Å²) in [6.45, 7) is 5.17.